The van der Waals surface area contributed by atoms with Crippen LogP contribution in [-0.2, 0) is 13.0 Å². The molecule has 0 unspecified atom stereocenters. The fourth-order valence-electron chi connectivity index (χ4n) is 2.43. The molecule has 0 saturated carbocycles. The molecule has 0 fully saturated rings. The summed E-state index contributed by atoms with van der Waals surface area (Å²) < 4.78 is 0.987. The Balaban J connectivity index is 0.00000133. The van der Waals surface area contributed by atoms with Gasteiger partial charge in [0.2, 0.25) is 0 Å². The van der Waals surface area contributed by atoms with Gasteiger partial charge in [0.05, 0.1) is 11.0 Å². The highest BCUT2D eigenvalue weighted by Gasteiger charge is 2.19. The standard InChI is InChI=1S/C12H12BrN3O2.ClH/c1-16-3-2-6-7(5-16)10-9(4-8(6)13)14-11(17)12(18)15-10;/h4H,2-3,5H2,1H3,(H,14,17)(H,15,18);1H. The molecule has 1 aromatic heterocycles. The second-order valence-electron chi connectivity index (χ2n) is 4.63. The summed E-state index contributed by atoms with van der Waals surface area (Å²) in [6, 6.07) is 1.86. The molecule has 0 atom stereocenters. The third kappa shape index (κ3) is 2.35. The van der Waals surface area contributed by atoms with Gasteiger partial charge < -0.3 is 14.9 Å². The molecule has 102 valence electrons. The number of hydrogen-bond donors (Lipinski definition) is 2. The minimum absolute atomic E-state index is 0. The first-order chi connectivity index (χ1) is 8.56. The van der Waals surface area contributed by atoms with Crippen molar-refractivity contribution in [3.63, 3.8) is 0 Å². The average Bonchev–Trinajstić information content (AvgIpc) is 2.32. The number of nitrogens with zero attached hydrogens (tertiary/aromatic N) is 1. The molecule has 1 aliphatic rings. The Kier molecular flexibility index (Phi) is 3.85. The van der Waals surface area contributed by atoms with E-state index in [9.17, 15) is 9.59 Å². The Bertz CT molecular complexity index is 753. The lowest BCUT2D eigenvalue weighted by molar-refractivity contribution is 0.314. The van der Waals surface area contributed by atoms with E-state index in [-0.39, 0.29) is 12.4 Å². The highest BCUT2D eigenvalue weighted by atomic mass is 79.9. The van der Waals surface area contributed by atoms with Gasteiger partial charge in [-0.1, -0.05) is 15.9 Å². The summed E-state index contributed by atoms with van der Waals surface area (Å²) >= 11 is 3.53. The van der Waals surface area contributed by atoms with Crippen molar-refractivity contribution in [2.45, 2.75) is 13.0 Å². The van der Waals surface area contributed by atoms with Gasteiger partial charge in [0.25, 0.3) is 0 Å². The van der Waals surface area contributed by atoms with Gasteiger partial charge in [-0.05, 0) is 30.7 Å². The maximum absolute atomic E-state index is 11.5. The number of benzene rings is 1. The highest BCUT2D eigenvalue weighted by Crippen LogP contribution is 2.30. The molecular formula is C12H13BrClN3O2. The summed E-state index contributed by atoms with van der Waals surface area (Å²) in [5, 5.41) is 0. The van der Waals surface area contributed by atoms with Gasteiger partial charge in [-0.25, -0.2) is 0 Å². The average molecular weight is 347 g/mol. The molecule has 7 heteroatoms. The van der Waals surface area contributed by atoms with E-state index >= 15 is 0 Å². The number of nitrogens with one attached hydrogen (secondary N) is 2. The van der Waals surface area contributed by atoms with Crippen LogP contribution < -0.4 is 11.1 Å². The second-order valence-corrected chi connectivity index (χ2v) is 5.49. The molecule has 0 bridgehead atoms. The van der Waals surface area contributed by atoms with Crippen LogP contribution in [0.1, 0.15) is 11.1 Å². The van der Waals surface area contributed by atoms with Crippen molar-refractivity contribution in [2.75, 3.05) is 13.6 Å². The van der Waals surface area contributed by atoms with E-state index in [1.165, 1.54) is 5.56 Å². The molecule has 5 nitrogen and oxygen atoms in total. The Morgan fingerprint density at radius 1 is 1.21 bits per heavy atom. The summed E-state index contributed by atoms with van der Waals surface area (Å²) in [4.78, 5) is 30.3. The van der Waals surface area contributed by atoms with Crippen LogP contribution >= 0.6 is 28.3 Å². The topological polar surface area (TPSA) is 69.0 Å². The van der Waals surface area contributed by atoms with Crippen LogP contribution in [0.5, 0.6) is 0 Å². The van der Waals surface area contributed by atoms with Gasteiger partial charge >= 0.3 is 11.1 Å². The summed E-state index contributed by atoms with van der Waals surface area (Å²) in [5.74, 6) is 0. The van der Waals surface area contributed by atoms with Crippen molar-refractivity contribution in [3.8, 4) is 0 Å². The van der Waals surface area contributed by atoms with Crippen LogP contribution in [0.2, 0.25) is 0 Å². The van der Waals surface area contributed by atoms with Gasteiger partial charge in [0, 0.05) is 17.6 Å². The van der Waals surface area contributed by atoms with Crippen molar-refractivity contribution in [1.82, 2.24) is 14.9 Å². The molecule has 1 aromatic carbocycles. The second kappa shape index (κ2) is 5.11. The number of rotatable bonds is 0. The number of fused-ring (bicyclic) bond motifs is 3. The Morgan fingerprint density at radius 3 is 2.63 bits per heavy atom. The fraction of sp³-hybridized carbons (Fsp3) is 0.333. The third-order valence-electron chi connectivity index (χ3n) is 3.36. The molecule has 3 rings (SSSR count). The highest BCUT2D eigenvalue weighted by molar-refractivity contribution is 9.10. The number of H-pyrrole nitrogens is 2. The van der Waals surface area contributed by atoms with E-state index in [1.54, 1.807) is 0 Å². The minimum atomic E-state index is -0.612. The Morgan fingerprint density at radius 2 is 1.89 bits per heavy atom. The molecular weight excluding hydrogens is 334 g/mol. The number of aromatic amines is 2. The molecule has 1 aliphatic heterocycles. The summed E-state index contributed by atoms with van der Waals surface area (Å²) in [6.45, 7) is 1.76. The lowest BCUT2D eigenvalue weighted by Gasteiger charge is -2.26. The van der Waals surface area contributed by atoms with Crippen LogP contribution in [0, 0.1) is 0 Å². The lowest BCUT2D eigenvalue weighted by atomic mass is 9.98. The first-order valence-corrected chi connectivity index (χ1v) is 6.50. The lowest BCUT2D eigenvalue weighted by Crippen LogP contribution is -2.31. The summed E-state index contributed by atoms with van der Waals surface area (Å²) in [6.07, 6.45) is 0.934. The largest absolute Gasteiger partial charge is 0.316 e. The number of likely N-dealkylation sites (N-methyl/N-ethyl adjacent to an activating group) is 1. The van der Waals surface area contributed by atoms with Crippen molar-refractivity contribution >= 4 is 39.4 Å². The SMILES string of the molecule is CN1CCc2c(Br)cc3[nH]c(=O)c(=O)[nH]c3c2C1.Cl. The molecule has 0 saturated heterocycles. The van der Waals surface area contributed by atoms with E-state index in [2.05, 4.69) is 30.8 Å². The Labute approximate surface area is 123 Å². The zero-order chi connectivity index (χ0) is 12.9. The van der Waals surface area contributed by atoms with Crippen LogP contribution in [-0.4, -0.2) is 28.5 Å². The molecule has 0 amide bonds. The van der Waals surface area contributed by atoms with Crippen LogP contribution in [0.4, 0.5) is 0 Å². The first kappa shape index (κ1) is 14.3. The van der Waals surface area contributed by atoms with E-state index in [0.717, 1.165) is 35.1 Å². The number of aromatic nitrogens is 2. The van der Waals surface area contributed by atoms with Crippen LogP contribution in [0.25, 0.3) is 11.0 Å². The van der Waals surface area contributed by atoms with Gasteiger partial charge in [-0.3, -0.25) is 9.59 Å². The zero-order valence-corrected chi connectivity index (χ0v) is 12.7. The molecule has 2 aromatic rings. The van der Waals surface area contributed by atoms with Crippen LogP contribution in [0.3, 0.4) is 0 Å². The van der Waals surface area contributed by atoms with Crippen molar-refractivity contribution < 1.29 is 0 Å². The van der Waals surface area contributed by atoms with Crippen molar-refractivity contribution in [2.24, 2.45) is 0 Å². The maximum atomic E-state index is 11.5. The number of halogens is 2. The molecule has 0 aliphatic carbocycles. The van der Waals surface area contributed by atoms with Crippen LogP contribution in [0.15, 0.2) is 20.1 Å². The van der Waals surface area contributed by atoms with Gasteiger partial charge in [0.1, 0.15) is 0 Å². The first-order valence-electron chi connectivity index (χ1n) is 5.71. The quantitative estimate of drug-likeness (QED) is 0.708. The van der Waals surface area contributed by atoms with Crippen molar-refractivity contribution in [3.05, 3.63) is 42.4 Å². The molecule has 19 heavy (non-hydrogen) atoms. The molecule has 2 N–H and O–H groups in total. The van der Waals surface area contributed by atoms with Gasteiger partial charge in [-0.15, -0.1) is 12.4 Å². The zero-order valence-electron chi connectivity index (χ0n) is 10.2. The summed E-state index contributed by atoms with van der Waals surface area (Å²) in [5.41, 5.74) is 2.49. The van der Waals surface area contributed by atoms with Gasteiger partial charge in [-0.2, -0.15) is 0 Å². The Hall–Kier alpha value is -1.11. The third-order valence-corrected chi connectivity index (χ3v) is 4.07. The molecule has 2 heterocycles. The van der Waals surface area contributed by atoms with Gasteiger partial charge in [0.15, 0.2) is 0 Å². The van der Waals surface area contributed by atoms with E-state index < -0.39 is 11.1 Å². The minimum Gasteiger partial charge on any atom is -0.316 e. The predicted octanol–water partition coefficient (Wildman–Crippen LogP) is 1.39. The molecule has 0 spiro atoms. The van der Waals surface area contributed by atoms with E-state index in [4.69, 9.17) is 0 Å². The molecule has 0 radical (unpaired) electrons. The summed E-state index contributed by atoms with van der Waals surface area (Å²) in [7, 11) is 2.04. The monoisotopic (exact) mass is 345 g/mol. The maximum Gasteiger partial charge on any atom is 0.314 e. The van der Waals surface area contributed by atoms with Crippen molar-refractivity contribution in [1.29, 1.82) is 0 Å². The number of hydrogen-bond acceptors (Lipinski definition) is 3. The fourth-order valence-corrected chi connectivity index (χ4v) is 3.10. The predicted molar refractivity (Wildman–Crippen MR) is 80.2 cm³/mol. The smallest absolute Gasteiger partial charge is 0.314 e. The van der Waals surface area contributed by atoms with E-state index in [1.807, 2.05) is 13.1 Å². The normalized spacial score (nSPS) is 15.1. The van der Waals surface area contributed by atoms with E-state index in [0.29, 0.717) is 5.52 Å².